The van der Waals surface area contributed by atoms with E-state index in [1.165, 1.54) is 12.8 Å². The summed E-state index contributed by atoms with van der Waals surface area (Å²) in [7, 11) is 0. The van der Waals surface area contributed by atoms with Gasteiger partial charge >= 0.3 is 0 Å². The number of allylic oxidation sites excluding steroid dienone is 7. The number of rotatable bonds is 4. The molecule has 0 saturated heterocycles. The quantitative estimate of drug-likeness (QED) is 0.446. The molecule has 0 nitrogen and oxygen atoms in total. The van der Waals surface area contributed by atoms with Crippen LogP contribution in [-0.4, -0.2) is 0 Å². The van der Waals surface area contributed by atoms with Crippen molar-refractivity contribution in [2.45, 2.75) is 26.2 Å². The summed E-state index contributed by atoms with van der Waals surface area (Å²) in [5, 5.41) is 0. The summed E-state index contributed by atoms with van der Waals surface area (Å²) in [6.45, 7) is 5.93. The van der Waals surface area contributed by atoms with Gasteiger partial charge in [0.15, 0.2) is 0 Å². The Hall–Kier alpha value is -1.04. The average molecular weight is 174 g/mol. The van der Waals surface area contributed by atoms with Gasteiger partial charge in [-0.2, -0.15) is 0 Å². The van der Waals surface area contributed by atoms with Gasteiger partial charge in [0.25, 0.3) is 0 Å². The predicted octanol–water partition coefficient (Wildman–Crippen LogP) is 4.03. The molecule has 0 heteroatoms. The molecule has 0 heterocycles. The van der Waals surface area contributed by atoms with Crippen LogP contribution in [0.3, 0.4) is 0 Å². The lowest BCUT2D eigenvalue weighted by Crippen LogP contribution is -1.90. The molecule has 13 heavy (non-hydrogen) atoms. The van der Waals surface area contributed by atoms with Crippen molar-refractivity contribution in [3.63, 3.8) is 0 Å². The monoisotopic (exact) mass is 174 g/mol. The van der Waals surface area contributed by atoms with E-state index in [1.807, 2.05) is 12.2 Å². The summed E-state index contributed by atoms with van der Waals surface area (Å²) >= 11 is 0. The van der Waals surface area contributed by atoms with Crippen molar-refractivity contribution in [2.75, 3.05) is 0 Å². The normalized spacial score (nSPS) is 22.8. The predicted molar refractivity (Wildman–Crippen MR) is 59.6 cm³/mol. The topological polar surface area (TPSA) is 0 Å². The van der Waals surface area contributed by atoms with Gasteiger partial charge in [0.1, 0.15) is 0 Å². The Morgan fingerprint density at radius 2 is 2.31 bits per heavy atom. The minimum Gasteiger partial charge on any atom is -0.0991 e. The molecule has 0 spiro atoms. The average Bonchev–Trinajstić information content (AvgIpc) is 2.52. The molecule has 0 saturated carbocycles. The van der Waals surface area contributed by atoms with Gasteiger partial charge in [0.05, 0.1) is 0 Å². The van der Waals surface area contributed by atoms with Crippen molar-refractivity contribution in [1.82, 2.24) is 0 Å². The molecule has 0 fully saturated rings. The van der Waals surface area contributed by atoms with E-state index < -0.39 is 0 Å². The Morgan fingerprint density at radius 1 is 1.46 bits per heavy atom. The lowest BCUT2D eigenvalue weighted by Gasteiger charge is -2.04. The van der Waals surface area contributed by atoms with Crippen LogP contribution in [0, 0.1) is 5.92 Å². The van der Waals surface area contributed by atoms with Crippen molar-refractivity contribution in [3.05, 3.63) is 48.6 Å². The fourth-order valence-electron chi connectivity index (χ4n) is 1.62. The Labute approximate surface area is 81.4 Å². The van der Waals surface area contributed by atoms with Gasteiger partial charge in [-0.1, -0.05) is 55.5 Å². The van der Waals surface area contributed by atoms with Crippen molar-refractivity contribution >= 4 is 0 Å². The van der Waals surface area contributed by atoms with Crippen LogP contribution in [0.5, 0.6) is 0 Å². The van der Waals surface area contributed by atoms with Crippen molar-refractivity contribution in [1.29, 1.82) is 0 Å². The molecule has 1 atom stereocenters. The Morgan fingerprint density at radius 3 is 2.92 bits per heavy atom. The summed E-state index contributed by atoms with van der Waals surface area (Å²) in [6.07, 6.45) is 16.2. The van der Waals surface area contributed by atoms with E-state index in [2.05, 4.69) is 31.7 Å². The zero-order valence-corrected chi connectivity index (χ0v) is 8.37. The first kappa shape index (κ1) is 10.0. The van der Waals surface area contributed by atoms with Gasteiger partial charge in [0, 0.05) is 0 Å². The van der Waals surface area contributed by atoms with Gasteiger partial charge in [0.2, 0.25) is 0 Å². The van der Waals surface area contributed by atoms with E-state index in [4.69, 9.17) is 0 Å². The molecular weight excluding hydrogens is 156 g/mol. The molecular formula is C13H18. The zero-order valence-electron chi connectivity index (χ0n) is 8.37. The van der Waals surface area contributed by atoms with E-state index in [0.29, 0.717) is 0 Å². The highest BCUT2D eigenvalue weighted by Crippen LogP contribution is 2.27. The molecule has 1 rings (SSSR count). The van der Waals surface area contributed by atoms with E-state index in [0.717, 1.165) is 12.3 Å². The Kier molecular flexibility index (Phi) is 4.31. The first-order chi connectivity index (χ1) is 6.34. The van der Waals surface area contributed by atoms with Crippen LogP contribution in [0.15, 0.2) is 48.6 Å². The molecule has 0 radical (unpaired) electrons. The Bertz CT molecular complexity index is 241. The van der Waals surface area contributed by atoms with Crippen LogP contribution in [0.4, 0.5) is 0 Å². The second-order valence-corrected chi connectivity index (χ2v) is 3.51. The summed E-state index contributed by atoms with van der Waals surface area (Å²) in [4.78, 5) is 0. The maximum Gasteiger partial charge on any atom is -0.0133 e. The fourth-order valence-corrected chi connectivity index (χ4v) is 1.62. The van der Waals surface area contributed by atoms with Crippen LogP contribution >= 0.6 is 0 Å². The smallest absolute Gasteiger partial charge is 0.0133 e. The minimum atomic E-state index is 0.799. The highest BCUT2D eigenvalue weighted by atomic mass is 14.2. The third-order valence-electron chi connectivity index (χ3n) is 2.49. The summed E-state index contributed by atoms with van der Waals surface area (Å²) in [6, 6.07) is 0. The SMILES string of the molecule is C=C/C=C/C=C/CC1=CCCC1C. The van der Waals surface area contributed by atoms with Gasteiger partial charge < -0.3 is 0 Å². The third-order valence-corrected chi connectivity index (χ3v) is 2.49. The first-order valence-corrected chi connectivity index (χ1v) is 4.97. The molecule has 1 unspecified atom stereocenters. The first-order valence-electron chi connectivity index (χ1n) is 4.97. The summed E-state index contributed by atoms with van der Waals surface area (Å²) in [5.74, 6) is 0.799. The zero-order chi connectivity index (χ0) is 9.52. The maximum absolute atomic E-state index is 3.62. The third kappa shape index (κ3) is 3.45. The van der Waals surface area contributed by atoms with Gasteiger partial charge in [-0.3, -0.25) is 0 Å². The van der Waals surface area contributed by atoms with Gasteiger partial charge in [-0.05, 0) is 25.2 Å². The van der Waals surface area contributed by atoms with E-state index in [-0.39, 0.29) is 0 Å². The van der Waals surface area contributed by atoms with Crippen LogP contribution in [0.25, 0.3) is 0 Å². The van der Waals surface area contributed by atoms with Crippen LogP contribution in [0.2, 0.25) is 0 Å². The van der Waals surface area contributed by atoms with Crippen LogP contribution in [0.1, 0.15) is 26.2 Å². The van der Waals surface area contributed by atoms with Crippen molar-refractivity contribution in [2.24, 2.45) is 5.92 Å². The highest BCUT2D eigenvalue weighted by molar-refractivity contribution is 5.17. The molecule has 1 aliphatic rings. The maximum atomic E-state index is 3.62. The Balaban J connectivity index is 2.29. The number of hydrogen-bond donors (Lipinski definition) is 0. The molecule has 0 aliphatic heterocycles. The summed E-state index contributed by atoms with van der Waals surface area (Å²) in [5.41, 5.74) is 1.60. The molecule has 0 bridgehead atoms. The van der Waals surface area contributed by atoms with E-state index in [1.54, 1.807) is 11.6 Å². The lowest BCUT2D eigenvalue weighted by molar-refractivity contribution is 0.659. The molecule has 0 aromatic rings. The van der Waals surface area contributed by atoms with E-state index >= 15 is 0 Å². The van der Waals surface area contributed by atoms with Crippen LogP contribution in [-0.2, 0) is 0 Å². The molecule has 70 valence electrons. The largest absolute Gasteiger partial charge is 0.0991 e. The second kappa shape index (κ2) is 5.58. The molecule has 0 aromatic carbocycles. The van der Waals surface area contributed by atoms with Crippen molar-refractivity contribution in [3.8, 4) is 0 Å². The standard InChI is InChI=1S/C13H18/c1-3-4-5-6-7-10-13-11-8-9-12(13)2/h3-7,11-12H,1,8-10H2,2H3/b5-4+,7-6+. The van der Waals surface area contributed by atoms with Gasteiger partial charge in [-0.15, -0.1) is 0 Å². The molecule has 0 aromatic heterocycles. The molecule has 0 amide bonds. The molecule has 1 aliphatic carbocycles. The molecule has 0 N–H and O–H groups in total. The van der Waals surface area contributed by atoms with Crippen molar-refractivity contribution < 1.29 is 0 Å². The fraction of sp³-hybridized carbons (Fsp3) is 0.385. The lowest BCUT2D eigenvalue weighted by atomic mass is 10.0. The van der Waals surface area contributed by atoms with E-state index in [9.17, 15) is 0 Å². The second-order valence-electron chi connectivity index (χ2n) is 3.51. The minimum absolute atomic E-state index is 0.799. The highest BCUT2D eigenvalue weighted by Gasteiger charge is 2.11. The number of hydrogen-bond acceptors (Lipinski definition) is 0. The summed E-state index contributed by atoms with van der Waals surface area (Å²) < 4.78 is 0. The van der Waals surface area contributed by atoms with Crippen LogP contribution < -0.4 is 0 Å². The van der Waals surface area contributed by atoms with Gasteiger partial charge in [-0.25, -0.2) is 0 Å².